The molecule has 1 aliphatic carbocycles. The van der Waals surface area contributed by atoms with E-state index in [2.05, 4.69) is 22.5 Å². The third-order valence-corrected chi connectivity index (χ3v) is 4.90. The standard InChI is InChI=1S/C19H33N3O2/c23-19(24)15-18-17(13-9-6-10-14-20-22-21-18)16-11-7-4-2-1-3-5-8-12-16/h11,20-22H,1-10,12-15H2,(H,23,24)/b16-11+,18-17+. The van der Waals surface area contributed by atoms with E-state index in [9.17, 15) is 9.90 Å². The predicted octanol–water partition coefficient (Wildman–Crippen LogP) is 3.95. The van der Waals surface area contributed by atoms with Crippen LogP contribution in [0.5, 0.6) is 0 Å². The topological polar surface area (TPSA) is 73.4 Å². The van der Waals surface area contributed by atoms with Gasteiger partial charge in [0.05, 0.1) is 6.42 Å². The van der Waals surface area contributed by atoms with Crippen LogP contribution in [0, 0.1) is 0 Å². The van der Waals surface area contributed by atoms with Crippen molar-refractivity contribution in [3.8, 4) is 0 Å². The summed E-state index contributed by atoms with van der Waals surface area (Å²) >= 11 is 0. The molecule has 0 amide bonds. The molecule has 0 atom stereocenters. The van der Waals surface area contributed by atoms with Crippen molar-refractivity contribution in [3.63, 3.8) is 0 Å². The van der Waals surface area contributed by atoms with Crippen molar-refractivity contribution in [1.29, 1.82) is 0 Å². The number of carbonyl (C=O) groups is 1. The molecule has 0 spiro atoms. The molecule has 1 heterocycles. The Bertz CT molecular complexity index is 458. The molecule has 5 heteroatoms. The van der Waals surface area contributed by atoms with Crippen molar-refractivity contribution >= 4 is 5.97 Å². The Morgan fingerprint density at radius 3 is 2.50 bits per heavy atom. The maximum absolute atomic E-state index is 11.3. The maximum Gasteiger partial charge on any atom is 0.309 e. The van der Waals surface area contributed by atoms with Gasteiger partial charge >= 0.3 is 5.97 Å². The van der Waals surface area contributed by atoms with Gasteiger partial charge in [-0.1, -0.05) is 38.2 Å². The van der Waals surface area contributed by atoms with Gasteiger partial charge in [-0.05, 0) is 56.1 Å². The molecule has 0 aromatic carbocycles. The van der Waals surface area contributed by atoms with Crippen molar-refractivity contribution in [1.82, 2.24) is 16.4 Å². The van der Waals surface area contributed by atoms with Gasteiger partial charge in [-0.25, -0.2) is 5.43 Å². The Balaban J connectivity index is 2.23. The first-order valence-electron chi connectivity index (χ1n) is 9.64. The lowest BCUT2D eigenvalue weighted by atomic mass is 9.90. The molecule has 0 radical (unpaired) electrons. The van der Waals surface area contributed by atoms with E-state index in [1.165, 1.54) is 56.1 Å². The van der Waals surface area contributed by atoms with Crippen molar-refractivity contribution in [2.24, 2.45) is 0 Å². The van der Waals surface area contributed by atoms with Gasteiger partial charge in [-0.2, -0.15) is 5.53 Å². The zero-order chi connectivity index (χ0) is 17.0. The smallest absolute Gasteiger partial charge is 0.309 e. The number of hydrazine groups is 2. The summed E-state index contributed by atoms with van der Waals surface area (Å²) in [6.45, 7) is 0.894. The van der Waals surface area contributed by atoms with Gasteiger partial charge in [-0.3, -0.25) is 4.79 Å². The van der Waals surface area contributed by atoms with E-state index in [-0.39, 0.29) is 6.42 Å². The van der Waals surface area contributed by atoms with Crippen LogP contribution < -0.4 is 16.4 Å². The monoisotopic (exact) mass is 335 g/mol. The Hall–Kier alpha value is -1.33. The fourth-order valence-electron chi connectivity index (χ4n) is 3.58. The summed E-state index contributed by atoms with van der Waals surface area (Å²) in [5.41, 5.74) is 12.7. The molecule has 0 fully saturated rings. The molecule has 0 aromatic heterocycles. The number of allylic oxidation sites excluding steroid dienone is 3. The van der Waals surface area contributed by atoms with Crippen LogP contribution in [0.2, 0.25) is 0 Å². The second-order valence-corrected chi connectivity index (χ2v) is 6.90. The largest absolute Gasteiger partial charge is 0.481 e. The van der Waals surface area contributed by atoms with E-state index in [1.54, 1.807) is 0 Å². The van der Waals surface area contributed by atoms with Crippen molar-refractivity contribution in [2.45, 2.75) is 83.5 Å². The minimum atomic E-state index is -0.783. The highest BCUT2D eigenvalue weighted by molar-refractivity contribution is 5.70. The summed E-state index contributed by atoms with van der Waals surface area (Å²) in [7, 11) is 0. The highest BCUT2D eigenvalue weighted by atomic mass is 16.4. The molecule has 2 rings (SSSR count). The second-order valence-electron chi connectivity index (χ2n) is 6.90. The lowest BCUT2D eigenvalue weighted by molar-refractivity contribution is -0.136. The van der Waals surface area contributed by atoms with E-state index in [0.29, 0.717) is 0 Å². The van der Waals surface area contributed by atoms with Crippen LogP contribution in [-0.2, 0) is 4.79 Å². The summed E-state index contributed by atoms with van der Waals surface area (Å²) < 4.78 is 0. The summed E-state index contributed by atoms with van der Waals surface area (Å²) in [5, 5.41) is 9.31. The average molecular weight is 335 g/mol. The first-order chi connectivity index (χ1) is 11.8. The zero-order valence-corrected chi connectivity index (χ0v) is 14.8. The van der Waals surface area contributed by atoms with E-state index < -0.39 is 5.97 Å². The molecular weight excluding hydrogens is 302 g/mol. The lowest BCUT2D eigenvalue weighted by Crippen LogP contribution is -2.44. The van der Waals surface area contributed by atoms with Crippen LogP contribution in [-0.4, -0.2) is 17.6 Å². The minimum absolute atomic E-state index is 0.0430. The van der Waals surface area contributed by atoms with Gasteiger partial charge in [0.25, 0.3) is 0 Å². The normalized spacial score (nSPS) is 27.4. The Morgan fingerprint density at radius 2 is 1.67 bits per heavy atom. The van der Waals surface area contributed by atoms with E-state index in [0.717, 1.165) is 44.3 Å². The first kappa shape index (κ1) is 19.0. The van der Waals surface area contributed by atoms with Gasteiger partial charge in [0.2, 0.25) is 0 Å². The molecule has 0 aromatic rings. The number of nitrogens with one attached hydrogen (secondary N) is 3. The molecule has 0 saturated carbocycles. The molecule has 1 aliphatic heterocycles. The summed E-state index contributed by atoms with van der Waals surface area (Å²) in [6.07, 6.45) is 16.8. The number of carboxylic acid groups (broad SMARTS) is 1. The van der Waals surface area contributed by atoms with Crippen LogP contribution in [0.1, 0.15) is 83.5 Å². The molecular formula is C19H33N3O2. The third-order valence-electron chi connectivity index (χ3n) is 4.90. The highest BCUT2D eigenvalue weighted by Gasteiger charge is 2.16. The predicted molar refractivity (Wildman–Crippen MR) is 97.0 cm³/mol. The second kappa shape index (κ2) is 11.3. The van der Waals surface area contributed by atoms with Crippen LogP contribution >= 0.6 is 0 Å². The van der Waals surface area contributed by atoms with Gasteiger partial charge < -0.3 is 10.5 Å². The van der Waals surface area contributed by atoms with Crippen LogP contribution in [0.25, 0.3) is 0 Å². The van der Waals surface area contributed by atoms with Crippen LogP contribution in [0.4, 0.5) is 0 Å². The van der Waals surface area contributed by atoms with Gasteiger partial charge in [0, 0.05) is 12.2 Å². The molecule has 2 aliphatic rings. The summed E-state index contributed by atoms with van der Waals surface area (Å²) in [6, 6.07) is 0. The fraction of sp³-hybridized carbons (Fsp3) is 0.737. The summed E-state index contributed by atoms with van der Waals surface area (Å²) in [4.78, 5) is 11.3. The number of hydrogen-bond acceptors (Lipinski definition) is 4. The molecule has 0 unspecified atom stereocenters. The number of carboxylic acids is 1. The minimum Gasteiger partial charge on any atom is -0.481 e. The quantitative estimate of drug-likeness (QED) is 0.628. The van der Waals surface area contributed by atoms with Gasteiger partial charge in [0.15, 0.2) is 0 Å². The fourth-order valence-corrected chi connectivity index (χ4v) is 3.58. The SMILES string of the molecule is O=C(O)C/C1=C(\C2=C\CCCCCCCC2)CCCCCNNN1. The van der Waals surface area contributed by atoms with E-state index in [4.69, 9.17) is 0 Å². The zero-order valence-electron chi connectivity index (χ0n) is 14.8. The van der Waals surface area contributed by atoms with Crippen molar-refractivity contribution < 1.29 is 9.90 Å². The molecule has 0 saturated heterocycles. The Kier molecular flexibility index (Phi) is 8.92. The van der Waals surface area contributed by atoms with E-state index >= 15 is 0 Å². The number of aliphatic carboxylic acids is 1. The van der Waals surface area contributed by atoms with Gasteiger partial charge in [0.1, 0.15) is 0 Å². The Morgan fingerprint density at radius 1 is 0.958 bits per heavy atom. The highest BCUT2D eigenvalue weighted by Crippen LogP contribution is 2.28. The van der Waals surface area contributed by atoms with Crippen molar-refractivity contribution in [3.05, 3.63) is 22.9 Å². The van der Waals surface area contributed by atoms with Crippen LogP contribution in [0.15, 0.2) is 22.9 Å². The first-order valence-corrected chi connectivity index (χ1v) is 9.64. The average Bonchev–Trinajstić information content (AvgIpc) is 2.58. The molecule has 5 nitrogen and oxygen atoms in total. The molecule has 24 heavy (non-hydrogen) atoms. The number of hydrogen-bond donors (Lipinski definition) is 4. The van der Waals surface area contributed by atoms with E-state index in [1.807, 2.05) is 0 Å². The number of rotatable bonds is 3. The third kappa shape index (κ3) is 7.05. The Labute approximate surface area is 145 Å². The lowest BCUT2D eigenvalue weighted by Gasteiger charge is -2.22. The maximum atomic E-state index is 11.3. The molecule has 0 bridgehead atoms. The van der Waals surface area contributed by atoms with Gasteiger partial charge in [-0.15, -0.1) is 0 Å². The van der Waals surface area contributed by atoms with Crippen molar-refractivity contribution in [2.75, 3.05) is 6.54 Å². The summed E-state index contributed by atoms with van der Waals surface area (Å²) in [5.74, 6) is -0.783. The molecule has 4 N–H and O–H groups in total. The van der Waals surface area contributed by atoms with Crippen LogP contribution in [0.3, 0.4) is 0 Å². The molecule has 136 valence electrons.